The number of anilines is 1. The lowest BCUT2D eigenvalue weighted by Gasteiger charge is -2.69. The molecule has 2 aromatic heterocycles. The molecule has 15 heteroatoms. The summed E-state index contributed by atoms with van der Waals surface area (Å²) < 4.78 is 60.7. The van der Waals surface area contributed by atoms with E-state index in [1.807, 2.05) is 13.8 Å². The summed E-state index contributed by atoms with van der Waals surface area (Å²) in [6.07, 6.45) is 0.260. The van der Waals surface area contributed by atoms with Crippen molar-refractivity contribution in [2.75, 3.05) is 12.3 Å². The van der Waals surface area contributed by atoms with Crippen LogP contribution in [0.3, 0.4) is 0 Å². The molecule has 2 heterocycles. The molecular weight excluding hydrogens is 547 g/mol. The first-order chi connectivity index (χ1) is 17.6. The lowest BCUT2D eigenvalue weighted by Crippen LogP contribution is -2.75. The Balaban J connectivity index is 0.000000426. The number of aryl methyl sites for hydroxylation is 2. The molecule has 0 spiro atoms. The molecule has 3 aliphatic rings. The third kappa shape index (κ3) is 5.36. The number of nitrogens with one attached hydrogen (secondary N) is 1. The number of aliphatic hydroxyl groups excluding tert-OH is 1. The highest BCUT2D eigenvalue weighted by Crippen LogP contribution is 2.67. The summed E-state index contributed by atoms with van der Waals surface area (Å²) in [5, 5.41) is 17.5. The van der Waals surface area contributed by atoms with Crippen molar-refractivity contribution in [3.8, 4) is 21.8 Å². The number of nitrogen functional groups attached to an aromatic ring is 1. The van der Waals surface area contributed by atoms with E-state index >= 15 is 0 Å². The molecule has 1 aromatic carbocycles. The molecule has 0 saturated heterocycles. The summed E-state index contributed by atoms with van der Waals surface area (Å²) in [6.45, 7) is 3.92. The number of nitrogens with zero attached hydrogens (tertiary/aromatic N) is 3. The minimum atomic E-state index is -5.08. The Kier molecular flexibility index (Phi) is 7.01. The molecule has 0 radical (unpaired) electrons. The number of thiazole rings is 1. The summed E-state index contributed by atoms with van der Waals surface area (Å²) >= 11 is 1.47. The summed E-state index contributed by atoms with van der Waals surface area (Å²) in [6, 6.07) is 5.01. The van der Waals surface area contributed by atoms with Gasteiger partial charge in [0.1, 0.15) is 5.69 Å². The third-order valence-electron chi connectivity index (χ3n) is 6.52. The number of carboxylic acid groups (broad SMARTS) is 1. The molecule has 10 nitrogen and oxygen atoms in total. The van der Waals surface area contributed by atoms with Gasteiger partial charge in [-0.05, 0) is 56.2 Å². The number of hydrogen-bond donors (Lipinski definition) is 4. The summed E-state index contributed by atoms with van der Waals surface area (Å²) in [4.78, 5) is 23.1. The van der Waals surface area contributed by atoms with Crippen molar-refractivity contribution >= 4 is 33.1 Å². The summed E-state index contributed by atoms with van der Waals surface area (Å²) in [5.41, 5.74) is 8.21. The predicted molar refractivity (Wildman–Crippen MR) is 133 cm³/mol. The molecule has 38 heavy (non-hydrogen) atoms. The minimum absolute atomic E-state index is 0.0775. The molecule has 0 unspecified atom stereocenters. The van der Waals surface area contributed by atoms with Crippen LogP contribution < -0.4 is 10.5 Å². The van der Waals surface area contributed by atoms with E-state index in [-0.39, 0.29) is 16.9 Å². The highest BCUT2D eigenvalue weighted by molar-refractivity contribution is 7.89. The monoisotopic (exact) mass is 571 g/mol. The number of benzene rings is 1. The van der Waals surface area contributed by atoms with Gasteiger partial charge in [0.25, 0.3) is 0 Å². The Morgan fingerprint density at radius 3 is 2.34 bits per heavy atom. The van der Waals surface area contributed by atoms with Crippen molar-refractivity contribution < 1.29 is 36.6 Å². The number of alkyl halides is 3. The summed E-state index contributed by atoms with van der Waals surface area (Å²) in [5.74, 6) is -2.45. The topological polar surface area (TPSA) is 168 Å². The number of sulfonamides is 1. The van der Waals surface area contributed by atoms with Gasteiger partial charge in [0.05, 0.1) is 26.7 Å². The van der Waals surface area contributed by atoms with Crippen LogP contribution in [0.4, 0.5) is 19.0 Å². The molecule has 3 aromatic rings. The molecule has 3 fully saturated rings. The van der Waals surface area contributed by atoms with Crippen LogP contribution in [-0.4, -0.2) is 57.9 Å². The van der Waals surface area contributed by atoms with Crippen molar-refractivity contribution in [2.45, 2.75) is 49.7 Å². The van der Waals surface area contributed by atoms with E-state index in [1.54, 1.807) is 30.6 Å². The highest BCUT2D eigenvalue weighted by Gasteiger charge is 2.68. The Morgan fingerprint density at radius 2 is 1.82 bits per heavy atom. The van der Waals surface area contributed by atoms with Crippen LogP contribution >= 0.6 is 11.3 Å². The van der Waals surface area contributed by atoms with Crippen LogP contribution in [-0.2, 0) is 14.8 Å². The molecule has 6 rings (SSSR count). The lowest BCUT2D eigenvalue weighted by atomic mass is 9.40. The maximum atomic E-state index is 13.1. The number of halogens is 3. The van der Waals surface area contributed by atoms with Crippen molar-refractivity contribution in [3.05, 3.63) is 41.2 Å². The average molecular weight is 572 g/mol. The Hall–Kier alpha value is -3.14. The molecule has 3 aliphatic carbocycles. The third-order valence-corrected chi connectivity index (χ3v) is 9.02. The molecule has 204 valence electrons. The molecule has 0 aliphatic heterocycles. The van der Waals surface area contributed by atoms with Gasteiger partial charge in [-0.2, -0.15) is 13.2 Å². The van der Waals surface area contributed by atoms with Gasteiger partial charge in [0.15, 0.2) is 5.82 Å². The van der Waals surface area contributed by atoms with Gasteiger partial charge in [0, 0.05) is 23.9 Å². The number of aromatic nitrogens is 3. The largest absolute Gasteiger partial charge is 0.490 e. The molecule has 3 saturated carbocycles. The number of carboxylic acids is 1. The van der Waals surface area contributed by atoms with Crippen LogP contribution in [0.25, 0.3) is 21.8 Å². The SMILES string of the molecule is Cc1ncc(-c2nc(-c3cc(S(=O)(=O)NC45CC(CO)(C4)C5)ccc3C)cnc2N)s1.O=C(O)C(F)(F)F. The maximum Gasteiger partial charge on any atom is 0.490 e. The van der Waals surface area contributed by atoms with Gasteiger partial charge < -0.3 is 15.9 Å². The van der Waals surface area contributed by atoms with Crippen molar-refractivity contribution in [3.63, 3.8) is 0 Å². The van der Waals surface area contributed by atoms with E-state index in [2.05, 4.69) is 19.7 Å². The van der Waals surface area contributed by atoms with E-state index in [4.69, 9.17) is 15.6 Å². The zero-order valence-corrected chi connectivity index (χ0v) is 21.8. The number of hydrogen-bond acceptors (Lipinski definition) is 9. The standard InChI is InChI=1S/C21H23N5O3S2.C2HF3O2/c1-12-3-4-14(31(28,29)26-21-8-20(9-21,10-21)11-27)5-15(12)16-6-24-19(22)18(25-16)17-7-23-13(2)30-17;3-2(4,5)1(6)7/h3-7,26-27H,8-11H2,1-2H3,(H2,22,24);(H,6,7). The van der Waals surface area contributed by atoms with Gasteiger partial charge in [-0.1, -0.05) is 6.07 Å². The number of rotatable bonds is 6. The summed E-state index contributed by atoms with van der Waals surface area (Å²) in [7, 11) is -3.70. The molecule has 2 bridgehead atoms. The minimum Gasteiger partial charge on any atom is -0.475 e. The molecule has 0 amide bonds. The van der Waals surface area contributed by atoms with Crippen LogP contribution in [0.2, 0.25) is 0 Å². The quantitative estimate of drug-likeness (QED) is 0.347. The second-order valence-corrected chi connectivity index (χ2v) is 12.5. The normalized spacial score (nSPS) is 22.1. The first-order valence-electron chi connectivity index (χ1n) is 11.2. The van der Waals surface area contributed by atoms with Gasteiger partial charge in [-0.25, -0.2) is 32.9 Å². The number of aliphatic carboxylic acids is 1. The van der Waals surface area contributed by atoms with Crippen LogP contribution in [0.1, 0.15) is 29.8 Å². The van der Waals surface area contributed by atoms with Crippen molar-refractivity contribution in [1.82, 2.24) is 19.7 Å². The number of nitrogens with two attached hydrogens (primary N) is 1. The van der Waals surface area contributed by atoms with Gasteiger partial charge in [-0.3, -0.25) is 0 Å². The van der Waals surface area contributed by atoms with E-state index in [1.165, 1.54) is 11.3 Å². The lowest BCUT2D eigenvalue weighted by molar-refractivity contribution is -0.192. The van der Waals surface area contributed by atoms with Crippen molar-refractivity contribution in [2.24, 2.45) is 5.41 Å². The van der Waals surface area contributed by atoms with E-state index in [0.717, 1.165) is 15.4 Å². The smallest absolute Gasteiger partial charge is 0.475 e. The Morgan fingerprint density at radius 1 is 1.18 bits per heavy atom. The molecule has 5 N–H and O–H groups in total. The van der Waals surface area contributed by atoms with Crippen LogP contribution in [0.15, 0.2) is 35.5 Å². The average Bonchev–Trinajstić information content (AvgIpc) is 3.21. The maximum absolute atomic E-state index is 13.1. The second-order valence-electron chi connectivity index (χ2n) is 9.59. The number of carbonyl (C=O) groups is 1. The van der Waals surface area contributed by atoms with E-state index in [0.29, 0.717) is 42.0 Å². The zero-order chi connectivity index (χ0) is 28.1. The van der Waals surface area contributed by atoms with Crippen LogP contribution in [0.5, 0.6) is 0 Å². The van der Waals surface area contributed by atoms with Gasteiger partial charge in [0.2, 0.25) is 10.0 Å². The zero-order valence-electron chi connectivity index (χ0n) is 20.2. The second kappa shape index (κ2) is 9.55. The van der Waals surface area contributed by atoms with E-state index in [9.17, 15) is 26.7 Å². The fourth-order valence-electron chi connectivity index (χ4n) is 4.84. The van der Waals surface area contributed by atoms with E-state index < -0.39 is 27.7 Å². The molecular formula is C23H24F3N5O5S2. The van der Waals surface area contributed by atoms with Gasteiger partial charge in [-0.15, -0.1) is 11.3 Å². The highest BCUT2D eigenvalue weighted by atomic mass is 32.2. The van der Waals surface area contributed by atoms with Crippen LogP contribution in [0, 0.1) is 19.3 Å². The van der Waals surface area contributed by atoms with Crippen molar-refractivity contribution in [1.29, 1.82) is 0 Å². The Labute approximate surface area is 219 Å². The predicted octanol–water partition coefficient (Wildman–Crippen LogP) is 3.29. The fourth-order valence-corrected chi connectivity index (χ4v) is 7.04. The Bertz CT molecular complexity index is 1490. The van der Waals surface area contributed by atoms with Gasteiger partial charge >= 0.3 is 12.1 Å². The number of aliphatic hydroxyl groups is 1. The fraction of sp³-hybridized carbons (Fsp3) is 0.391. The first kappa shape index (κ1) is 27.9. The first-order valence-corrected chi connectivity index (χ1v) is 13.5. The molecule has 0 atom stereocenters.